The fourth-order valence-corrected chi connectivity index (χ4v) is 4.90. The second-order valence-corrected chi connectivity index (χ2v) is 10.3. The van der Waals surface area contributed by atoms with Crippen molar-refractivity contribution in [3.63, 3.8) is 0 Å². The summed E-state index contributed by atoms with van der Waals surface area (Å²) in [6, 6.07) is 6.57. The van der Waals surface area contributed by atoms with Crippen LogP contribution in [-0.4, -0.2) is 45.4 Å². The number of carboxylic acid groups (broad SMARTS) is 1. The van der Waals surface area contributed by atoms with Crippen molar-refractivity contribution in [2.75, 3.05) is 6.54 Å². The largest absolute Gasteiger partial charge is 0.481 e. The standard InChI is InChI=1S/C28H37N3O4/c1-17(2)11-24(31-10-9-18(3)12-25(31)32)28(35)30-23(14-26(33)34)21-13-22(16-29-15-21)27-19(4)7-6-8-20(27)5/h6-8,13,15-18,23-24H,9-12,14H2,1-5H3,(H,30,35)(H,33,34)/t18?,23-,24-/m0/s1. The zero-order valence-corrected chi connectivity index (χ0v) is 21.4. The van der Waals surface area contributed by atoms with Gasteiger partial charge in [-0.15, -0.1) is 0 Å². The molecule has 3 atom stereocenters. The molecule has 7 nitrogen and oxygen atoms in total. The third-order valence-corrected chi connectivity index (χ3v) is 6.71. The minimum absolute atomic E-state index is 0.0157. The van der Waals surface area contributed by atoms with Gasteiger partial charge in [-0.1, -0.05) is 39.0 Å². The Hall–Kier alpha value is -3.22. The van der Waals surface area contributed by atoms with Gasteiger partial charge >= 0.3 is 5.97 Å². The topological polar surface area (TPSA) is 99.6 Å². The smallest absolute Gasteiger partial charge is 0.305 e. The molecule has 2 heterocycles. The average Bonchev–Trinajstić information content (AvgIpc) is 2.77. The number of pyridine rings is 1. The molecule has 1 aromatic carbocycles. The molecule has 3 rings (SSSR count). The van der Waals surface area contributed by atoms with Crippen LogP contribution in [0.4, 0.5) is 0 Å². The Balaban J connectivity index is 1.91. The van der Waals surface area contributed by atoms with E-state index in [1.54, 1.807) is 17.3 Å². The number of nitrogens with one attached hydrogen (secondary N) is 1. The summed E-state index contributed by atoms with van der Waals surface area (Å²) in [4.78, 5) is 44.1. The Morgan fingerprint density at radius 2 is 1.89 bits per heavy atom. The summed E-state index contributed by atoms with van der Waals surface area (Å²) in [5, 5.41) is 12.6. The molecule has 1 unspecified atom stereocenters. The van der Waals surface area contributed by atoms with Crippen LogP contribution in [0.25, 0.3) is 11.1 Å². The van der Waals surface area contributed by atoms with Crippen molar-refractivity contribution in [1.82, 2.24) is 15.2 Å². The molecule has 1 aromatic heterocycles. The Morgan fingerprint density at radius 1 is 1.20 bits per heavy atom. The van der Waals surface area contributed by atoms with E-state index in [9.17, 15) is 19.5 Å². The van der Waals surface area contributed by atoms with Crippen LogP contribution in [0.2, 0.25) is 0 Å². The van der Waals surface area contributed by atoms with Gasteiger partial charge in [0.25, 0.3) is 0 Å². The lowest BCUT2D eigenvalue weighted by atomic mass is 9.93. The van der Waals surface area contributed by atoms with E-state index in [-0.39, 0.29) is 24.2 Å². The SMILES string of the molecule is Cc1cccc(C)c1-c1cncc([C@H](CC(=O)O)NC(=O)[C@H](CC(C)C)N2CCC(C)CC2=O)c1. The predicted octanol–water partition coefficient (Wildman–Crippen LogP) is 4.67. The lowest BCUT2D eigenvalue weighted by molar-refractivity contribution is -0.145. The number of carbonyl (C=O) groups excluding carboxylic acids is 2. The first kappa shape index (κ1) is 26.4. The Kier molecular flexibility index (Phi) is 8.65. The van der Waals surface area contributed by atoms with Crippen molar-refractivity contribution in [3.05, 3.63) is 53.3 Å². The number of hydrogen-bond donors (Lipinski definition) is 2. The highest BCUT2D eigenvalue weighted by atomic mass is 16.4. The molecule has 1 saturated heterocycles. The second-order valence-electron chi connectivity index (χ2n) is 10.3. The maximum atomic E-state index is 13.5. The van der Waals surface area contributed by atoms with Crippen LogP contribution in [0, 0.1) is 25.7 Å². The van der Waals surface area contributed by atoms with Gasteiger partial charge in [-0.05, 0) is 66.8 Å². The van der Waals surface area contributed by atoms with E-state index in [4.69, 9.17) is 0 Å². The van der Waals surface area contributed by atoms with Gasteiger partial charge in [0.15, 0.2) is 0 Å². The van der Waals surface area contributed by atoms with Gasteiger partial charge in [0.05, 0.1) is 12.5 Å². The van der Waals surface area contributed by atoms with Crippen molar-refractivity contribution >= 4 is 17.8 Å². The first-order valence-electron chi connectivity index (χ1n) is 12.4. The summed E-state index contributed by atoms with van der Waals surface area (Å²) >= 11 is 0. The number of aryl methyl sites for hydroxylation is 2. The summed E-state index contributed by atoms with van der Waals surface area (Å²) in [6.45, 7) is 10.7. The van der Waals surface area contributed by atoms with E-state index in [1.165, 1.54) is 0 Å². The van der Waals surface area contributed by atoms with Crippen LogP contribution in [0.15, 0.2) is 36.7 Å². The quantitative estimate of drug-likeness (QED) is 0.544. The van der Waals surface area contributed by atoms with E-state index in [2.05, 4.69) is 10.3 Å². The molecular formula is C28H37N3O4. The fraction of sp³-hybridized carbons (Fsp3) is 0.500. The molecule has 1 aliphatic rings. The number of amides is 2. The molecular weight excluding hydrogens is 442 g/mol. The lowest BCUT2D eigenvalue weighted by Gasteiger charge is -2.37. The first-order valence-corrected chi connectivity index (χ1v) is 12.4. The second kappa shape index (κ2) is 11.5. The normalized spacial score (nSPS) is 17.8. The Labute approximate surface area is 207 Å². The maximum absolute atomic E-state index is 13.5. The molecule has 7 heteroatoms. The summed E-state index contributed by atoms with van der Waals surface area (Å²) in [6.07, 6.45) is 4.90. The predicted molar refractivity (Wildman–Crippen MR) is 136 cm³/mol. The van der Waals surface area contributed by atoms with Gasteiger partial charge in [-0.25, -0.2) is 0 Å². The number of piperidine rings is 1. The van der Waals surface area contributed by atoms with E-state index >= 15 is 0 Å². The molecule has 1 aliphatic heterocycles. The molecule has 0 spiro atoms. The van der Waals surface area contributed by atoms with Gasteiger partial charge in [0.1, 0.15) is 6.04 Å². The molecule has 0 aliphatic carbocycles. The van der Waals surface area contributed by atoms with Gasteiger partial charge in [-0.2, -0.15) is 0 Å². The minimum atomic E-state index is -1.02. The van der Waals surface area contributed by atoms with E-state index in [0.29, 0.717) is 30.9 Å². The molecule has 0 radical (unpaired) electrons. The number of nitrogens with zero attached hydrogens (tertiary/aromatic N) is 2. The number of benzene rings is 1. The van der Waals surface area contributed by atoms with Crippen LogP contribution in [0.3, 0.4) is 0 Å². The molecule has 2 N–H and O–H groups in total. The van der Waals surface area contributed by atoms with Crippen LogP contribution in [-0.2, 0) is 14.4 Å². The highest BCUT2D eigenvalue weighted by Crippen LogP contribution is 2.30. The fourth-order valence-electron chi connectivity index (χ4n) is 4.90. The van der Waals surface area contributed by atoms with Crippen LogP contribution in [0.1, 0.15) is 69.2 Å². The Morgan fingerprint density at radius 3 is 2.49 bits per heavy atom. The van der Waals surface area contributed by atoms with Crippen molar-refractivity contribution in [1.29, 1.82) is 0 Å². The number of likely N-dealkylation sites (tertiary alicyclic amines) is 1. The van der Waals surface area contributed by atoms with Gasteiger partial charge in [0, 0.05) is 30.9 Å². The van der Waals surface area contributed by atoms with Crippen LogP contribution >= 0.6 is 0 Å². The third kappa shape index (κ3) is 6.68. The highest BCUT2D eigenvalue weighted by Gasteiger charge is 2.35. The number of aromatic nitrogens is 1. The van der Waals surface area contributed by atoms with Gasteiger partial charge in [0.2, 0.25) is 11.8 Å². The molecule has 2 aromatic rings. The average molecular weight is 480 g/mol. The van der Waals surface area contributed by atoms with E-state index in [1.807, 2.05) is 58.9 Å². The number of hydrogen-bond acceptors (Lipinski definition) is 4. The molecule has 0 saturated carbocycles. The van der Waals surface area contributed by atoms with Gasteiger partial charge in [-0.3, -0.25) is 19.4 Å². The monoisotopic (exact) mass is 479 g/mol. The molecule has 35 heavy (non-hydrogen) atoms. The molecule has 2 amide bonds. The van der Waals surface area contributed by atoms with Crippen molar-refractivity contribution in [2.24, 2.45) is 11.8 Å². The Bertz CT molecular complexity index is 1060. The molecule has 188 valence electrons. The summed E-state index contributed by atoms with van der Waals surface area (Å²) < 4.78 is 0. The lowest BCUT2D eigenvalue weighted by Crippen LogP contribution is -2.53. The maximum Gasteiger partial charge on any atom is 0.305 e. The first-order chi connectivity index (χ1) is 16.6. The number of carbonyl (C=O) groups is 3. The van der Waals surface area contributed by atoms with E-state index < -0.39 is 18.1 Å². The molecule has 1 fully saturated rings. The number of carboxylic acids is 1. The van der Waals surface area contributed by atoms with Crippen molar-refractivity contribution in [2.45, 2.75) is 72.4 Å². The molecule has 0 bridgehead atoms. The summed E-state index contributed by atoms with van der Waals surface area (Å²) in [5.74, 6) is -0.843. The zero-order valence-electron chi connectivity index (χ0n) is 21.4. The van der Waals surface area contributed by atoms with Crippen molar-refractivity contribution < 1.29 is 19.5 Å². The highest BCUT2D eigenvalue weighted by molar-refractivity contribution is 5.88. The minimum Gasteiger partial charge on any atom is -0.481 e. The summed E-state index contributed by atoms with van der Waals surface area (Å²) in [7, 11) is 0. The van der Waals surface area contributed by atoms with Crippen LogP contribution in [0.5, 0.6) is 0 Å². The summed E-state index contributed by atoms with van der Waals surface area (Å²) in [5.41, 5.74) is 4.74. The third-order valence-electron chi connectivity index (χ3n) is 6.71. The zero-order chi connectivity index (χ0) is 25.7. The van der Waals surface area contributed by atoms with Crippen LogP contribution < -0.4 is 5.32 Å². The number of aliphatic carboxylic acids is 1. The van der Waals surface area contributed by atoms with Crippen molar-refractivity contribution in [3.8, 4) is 11.1 Å². The number of rotatable bonds is 9. The van der Waals surface area contributed by atoms with Gasteiger partial charge < -0.3 is 15.3 Å². The van der Waals surface area contributed by atoms with E-state index in [0.717, 1.165) is 28.7 Å².